The highest BCUT2D eigenvalue weighted by Crippen LogP contribution is 2.48. The molecule has 9 heteroatoms. The van der Waals surface area contributed by atoms with Crippen LogP contribution < -0.4 is 5.32 Å². The molecule has 0 saturated heterocycles. The van der Waals surface area contributed by atoms with Crippen LogP contribution >= 0.6 is 0 Å². The van der Waals surface area contributed by atoms with Crippen molar-refractivity contribution in [3.05, 3.63) is 82.8 Å². The van der Waals surface area contributed by atoms with E-state index >= 15 is 0 Å². The topological polar surface area (TPSA) is 66.5 Å². The largest absolute Gasteiger partial charge is 0.425 e. The summed E-state index contributed by atoms with van der Waals surface area (Å²) in [7, 11) is 0. The first kappa shape index (κ1) is 21.7. The van der Waals surface area contributed by atoms with Crippen LogP contribution in [-0.4, -0.2) is 34.2 Å². The van der Waals surface area contributed by atoms with Crippen molar-refractivity contribution in [3.63, 3.8) is 0 Å². The molecule has 2 aliphatic rings. The molecule has 0 fully saturated rings. The third-order valence-corrected chi connectivity index (χ3v) is 5.68. The van der Waals surface area contributed by atoms with Crippen molar-refractivity contribution in [2.24, 2.45) is 0 Å². The summed E-state index contributed by atoms with van der Waals surface area (Å²) in [6.45, 7) is -0.195. The molecule has 32 heavy (non-hydrogen) atoms. The smallest absolute Gasteiger partial charge is 0.326 e. The molecule has 1 atom stereocenters. The van der Waals surface area contributed by atoms with Gasteiger partial charge in [-0.1, -0.05) is 42.5 Å². The molecule has 0 saturated carbocycles. The van der Waals surface area contributed by atoms with Gasteiger partial charge in [0.1, 0.15) is 5.82 Å². The number of hydrogen-bond acceptors (Lipinski definition) is 3. The van der Waals surface area contributed by atoms with Gasteiger partial charge >= 0.3 is 6.18 Å². The summed E-state index contributed by atoms with van der Waals surface area (Å²) in [5.41, 5.74) is -4.50. The second kappa shape index (κ2) is 7.89. The fraction of sp³-hybridized carbons (Fsp3) is 0.261. The number of halogens is 4. The summed E-state index contributed by atoms with van der Waals surface area (Å²) in [4.78, 5) is 39.7. The van der Waals surface area contributed by atoms with Crippen LogP contribution in [0.25, 0.3) is 0 Å². The standard InChI is InChI=1S/C23H18F4N2O3/c24-16-10-5-4-9-15(16)20(31)28-22(23(25,26)27)19-17(11-6-12-18(19)30)29(21(22)32)13-14-7-2-1-3-8-14/h1-5,7-10H,6,11-13H2,(H,28,31)/t22-/m0/s1. The highest BCUT2D eigenvalue weighted by Gasteiger charge is 2.71. The average molecular weight is 446 g/mol. The van der Waals surface area contributed by atoms with Gasteiger partial charge in [-0.05, 0) is 30.5 Å². The summed E-state index contributed by atoms with van der Waals surface area (Å²) in [5, 5.41) is 1.71. The predicted octanol–water partition coefficient (Wildman–Crippen LogP) is 3.91. The average Bonchev–Trinajstić information content (AvgIpc) is 2.99. The third kappa shape index (κ3) is 3.37. The molecule has 2 aromatic carbocycles. The molecule has 1 heterocycles. The summed E-state index contributed by atoms with van der Waals surface area (Å²) >= 11 is 0. The van der Waals surface area contributed by atoms with Gasteiger partial charge in [0.2, 0.25) is 5.54 Å². The lowest BCUT2D eigenvalue weighted by molar-refractivity contribution is -0.190. The maximum absolute atomic E-state index is 14.6. The molecule has 4 rings (SSSR count). The van der Waals surface area contributed by atoms with Gasteiger partial charge in [0, 0.05) is 12.1 Å². The van der Waals surface area contributed by atoms with E-state index in [9.17, 15) is 31.9 Å². The molecule has 2 amide bonds. The summed E-state index contributed by atoms with van der Waals surface area (Å²) < 4.78 is 57.8. The molecule has 0 unspecified atom stereocenters. The van der Waals surface area contributed by atoms with Gasteiger partial charge in [-0.25, -0.2) is 4.39 Å². The lowest BCUT2D eigenvalue weighted by atomic mass is 9.82. The van der Waals surface area contributed by atoms with Crippen LogP contribution in [0.15, 0.2) is 65.9 Å². The van der Waals surface area contributed by atoms with Crippen LogP contribution in [0.3, 0.4) is 0 Å². The molecular weight excluding hydrogens is 428 g/mol. The van der Waals surface area contributed by atoms with Gasteiger partial charge in [0.15, 0.2) is 5.78 Å². The van der Waals surface area contributed by atoms with Crippen LogP contribution in [-0.2, 0) is 16.1 Å². The van der Waals surface area contributed by atoms with Gasteiger partial charge < -0.3 is 10.2 Å². The zero-order valence-electron chi connectivity index (χ0n) is 16.7. The molecule has 1 aliphatic heterocycles. The molecule has 1 N–H and O–H groups in total. The number of hydrogen-bond donors (Lipinski definition) is 1. The molecule has 1 aliphatic carbocycles. The predicted molar refractivity (Wildman–Crippen MR) is 106 cm³/mol. The van der Waals surface area contributed by atoms with E-state index in [1.165, 1.54) is 12.1 Å². The van der Waals surface area contributed by atoms with Gasteiger partial charge in [-0.2, -0.15) is 13.2 Å². The molecule has 0 aromatic heterocycles. The highest BCUT2D eigenvalue weighted by molar-refractivity contribution is 6.14. The number of nitrogens with one attached hydrogen (secondary N) is 1. The minimum Gasteiger partial charge on any atom is -0.326 e. The molecule has 0 radical (unpaired) electrons. The number of amides is 2. The Morgan fingerprint density at radius 2 is 1.66 bits per heavy atom. The molecule has 2 aromatic rings. The van der Waals surface area contributed by atoms with Crippen molar-refractivity contribution in [2.75, 3.05) is 0 Å². The monoisotopic (exact) mass is 446 g/mol. The fourth-order valence-electron chi connectivity index (χ4n) is 4.22. The van der Waals surface area contributed by atoms with E-state index in [0.717, 1.165) is 17.0 Å². The van der Waals surface area contributed by atoms with E-state index in [0.29, 0.717) is 5.56 Å². The lowest BCUT2D eigenvalue weighted by Gasteiger charge is -2.33. The van der Waals surface area contributed by atoms with Crippen LogP contribution in [0.4, 0.5) is 17.6 Å². The Labute approximate surface area is 180 Å². The van der Waals surface area contributed by atoms with E-state index in [1.807, 2.05) is 0 Å². The SMILES string of the molecule is O=C1CCCC2=C1[C@@](NC(=O)c1ccccc1F)(C(F)(F)F)C(=O)N2Cc1ccccc1. The summed E-state index contributed by atoms with van der Waals surface area (Å²) in [6, 6.07) is 12.8. The summed E-state index contributed by atoms with van der Waals surface area (Å²) in [5.74, 6) is -4.81. The van der Waals surface area contributed by atoms with Crippen molar-refractivity contribution in [1.29, 1.82) is 0 Å². The molecular formula is C23H18F4N2O3. The zero-order valence-corrected chi connectivity index (χ0v) is 16.7. The van der Waals surface area contributed by atoms with E-state index in [2.05, 4.69) is 0 Å². The van der Waals surface area contributed by atoms with E-state index in [-0.39, 0.29) is 31.5 Å². The van der Waals surface area contributed by atoms with Crippen LogP contribution in [0.2, 0.25) is 0 Å². The van der Waals surface area contributed by atoms with Gasteiger partial charge in [-0.3, -0.25) is 14.4 Å². The Kier molecular flexibility index (Phi) is 5.36. The van der Waals surface area contributed by atoms with E-state index < -0.39 is 46.3 Å². The maximum atomic E-state index is 14.6. The Hall–Kier alpha value is -3.49. The number of alkyl halides is 3. The fourth-order valence-corrected chi connectivity index (χ4v) is 4.22. The molecule has 166 valence electrons. The minimum atomic E-state index is -5.33. The third-order valence-electron chi connectivity index (χ3n) is 5.68. The second-order valence-corrected chi connectivity index (χ2v) is 7.66. The normalized spacial score (nSPS) is 21.1. The van der Waals surface area contributed by atoms with Crippen molar-refractivity contribution in [2.45, 2.75) is 37.5 Å². The van der Waals surface area contributed by atoms with E-state index in [4.69, 9.17) is 0 Å². The van der Waals surface area contributed by atoms with Crippen LogP contribution in [0, 0.1) is 5.82 Å². The Balaban J connectivity index is 1.84. The molecule has 5 nitrogen and oxygen atoms in total. The first-order valence-corrected chi connectivity index (χ1v) is 9.93. The number of ketones is 1. The quantitative estimate of drug-likeness (QED) is 0.725. The van der Waals surface area contributed by atoms with Gasteiger partial charge in [-0.15, -0.1) is 0 Å². The lowest BCUT2D eigenvalue weighted by Crippen LogP contribution is -2.66. The van der Waals surface area contributed by atoms with Crippen LogP contribution in [0.1, 0.15) is 35.2 Å². The summed E-state index contributed by atoms with van der Waals surface area (Å²) in [6.07, 6.45) is -5.15. The number of rotatable bonds is 4. The number of allylic oxidation sites excluding steroid dienone is 1. The molecule has 0 bridgehead atoms. The van der Waals surface area contributed by atoms with E-state index in [1.54, 1.807) is 35.6 Å². The molecule has 0 spiro atoms. The minimum absolute atomic E-state index is 0.0544. The van der Waals surface area contributed by atoms with Gasteiger partial charge in [0.05, 0.1) is 17.7 Å². The highest BCUT2D eigenvalue weighted by atomic mass is 19.4. The number of carbonyl (C=O) groups excluding carboxylic acids is 3. The number of nitrogens with zero attached hydrogens (tertiary/aromatic N) is 1. The second-order valence-electron chi connectivity index (χ2n) is 7.66. The Morgan fingerprint density at radius 1 is 1.00 bits per heavy atom. The zero-order chi connectivity index (χ0) is 23.1. The number of carbonyl (C=O) groups is 3. The van der Waals surface area contributed by atoms with Crippen molar-refractivity contribution in [1.82, 2.24) is 10.2 Å². The Morgan fingerprint density at radius 3 is 2.31 bits per heavy atom. The Bertz CT molecular complexity index is 1130. The van der Waals surface area contributed by atoms with Crippen molar-refractivity contribution >= 4 is 17.6 Å². The number of Topliss-reactive ketones (excluding diaryl/α,β-unsaturated/α-hetero) is 1. The van der Waals surface area contributed by atoms with Crippen molar-refractivity contribution < 1.29 is 31.9 Å². The maximum Gasteiger partial charge on any atom is 0.425 e. The van der Waals surface area contributed by atoms with Crippen molar-refractivity contribution in [3.8, 4) is 0 Å². The first-order chi connectivity index (χ1) is 15.2. The van der Waals surface area contributed by atoms with Gasteiger partial charge in [0.25, 0.3) is 11.8 Å². The first-order valence-electron chi connectivity index (χ1n) is 9.93. The number of benzene rings is 2. The van der Waals surface area contributed by atoms with Crippen LogP contribution in [0.5, 0.6) is 0 Å².